The lowest BCUT2D eigenvalue weighted by molar-refractivity contribution is -0.165. The molecule has 1 saturated heterocycles. The maximum atomic E-state index is 12.1. The van der Waals surface area contributed by atoms with E-state index in [0.29, 0.717) is 18.1 Å². The highest BCUT2D eigenvalue weighted by Gasteiger charge is 2.50. The number of nitrogens with zero attached hydrogens (tertiary/aromatic N) is 1. The van der Waals surface area contributed by atoms with Crippen LogP contribution in [0.2, 0.25) is 0 Å². The third kappa shape index (κ3) is 4.43. The predicted octanol–water partition coefficient (Wildman–Crippen LogP) is 2.97. The minimum atomic E-state index is -0.915. The van der Waals surface area contributed by atoms with Crippen molar-refractivity contribution < 1.29 is 24.1 Å². The van der Waals surface area contributed by atoms with Crippen molar-refractivity contribution >= 4 is 5.97 Å². The Kier molecular flexibility index (Phi) is 6.95. The van der Waals surface area contributed by atoms with Crippen LogP contribution in [-0.4, -0.2) is 55.5 Å². The van der Waals surface area contributed by atoms with Gasteiger partial charge in [-0.25, -0.2) is 0 Å². The summed E-state index contributed by atoms with van der Waals surface area (Å²) in [6, 6.07) is 4.16. The number of esters is 1. The lowest BCUT2D eigenvalue weighted by atomic mass is 9.71. The number of ether oxygens (including phenoxy) is 3. The Balaban J connectivity index is 2.07. The molecule has 3 atom stereocenters. The van der Waals surface area contributed by atoms with Crippen LogP contribution in [0.1, 0.15) is 50.8 Å². The van der Waals surface area contributed by atoms with Gasteiger partial charge in [-0.15, -0.1) is 0 Å². The van der Waals surface area contributed by atoms with Crippen molar-refractivity contribution in [3.8, 4) is 23.3 Å². The SMILES string of the molecule is COc1cc2c(cc1OC)C1C[C@@](C#CCO)(OC(C)=O)C(CC(C)C)CN1CC2. The summed E-state index contributed by atoms with van der Waals surface area (Å²) in [5, 5.41) is 9.37. The van der Waals surface area contributed by atoms with Gasteiger partial charge in [0.05, 0.1) is 14.2 Å². The molecule has 1 N–H and O–H groups in total. The second-order valence-electron chi connectivity index (χ2n) is 8.64. The van der Waals surface area contributed by atoms with Crippen LogP contribution >= 0.6 is 0 Å². The highest BCUT2D eigenvalue weighted by atomic mass is 16.6. The first-order valence-electron chi connectivity index (χ1n) is 10.6. The number of hydrogen-bond acceptors (Lipinski definition) is 6. The van der Waals surface area contributed by atoms with Crippen LogP contribution in [-0.2, 0) is 16.0 Å². The molecule has 6 heteroatoms. The Morgan fingerprint density at radius 1 is 1.30 bits per heavy atom. The molecule has 0 aromatic heterocycles. The van der Waals surface area contributed by atoms with Gasteiger partial charge in [0, 0.05) is 38.4 Å². The summed E-state index contributed by atoms with van der Waals surface area (Å²) in [4.78, 5) is 14.6. The average molecular weight is 416 g/mol. The molecule has 0 aliphatic carbocycles. The van der Waals surface area contributed by atoms with Crippen LogP contribution < -0.4 is 9.47 Å². The highest BCUT2D eigenvalue weighted by Crippen LogP contribution is 2.48. The predicted molar refractivity (Wildman–Crippen MR) is 114 cm³/mol. The Morgan fingerprint density at radius 3 is 2.60 bits per heavy atom. The first-order valence-corrected chi connectivity index (χ1v) is 10.6. The summed E-state index contributed by atoms with van der Waals surface area (Å²) in [5.74, 6) is 7.56. The van der Waals surface area contributed by atoms with E-state index in [1.54, 1.807) is 14.2 Å². The number of methoxy groups -OCH3 is 2. The first kappa shape index (κ1) is 22.5. The fourth-order valence-corrected chi connectivity index (χ4v) is 5.01. The Morgan fingerprint density at radius 2 is 2.00 bits per heavy atom. The second-order valence-corrected chi connectivity index (χ2v) is 8.64. The maximum absolute atomic E-state index is 12.1. The molecule has 0 radical (unpaired) electrons. The lowest BCUT2D eigenvalue weighted by Crippen LogP contribution is -2.56. The number of carbonyl (C=O) groups is 1. The van der Waals surface area contributed by atoms with Gasteiger partial charge >= 0.3 is 5.97 Å². The van der Waals surface area contributed by atoms with E-state index in [0.717, 1.165) is 31.7 Å². The molecule has 2 aliphatic heterocycles. The molecule has 1 aromatic rings. The molecular weight excluding hydrogens is 382 g/mol. The van der Waals surface area contributed by atoms with Crippen molar-refractivity contribution in [1.82, 2.24) is 4.90 Å². The molecular formula is C24H33NO5. The number of fused-ring (bicyclic) bond motifs is 3. The molecule has 30 heavy (non-hydrogen) atoms. The minimum Gasteiger partial charge on any atom is -0.493 e. The maximum Gasteiger partial charge on any atom is 0.304 e. The van der Waals surface area contributed by atoms with Crippen LogP contribution in [0.5, 0.6) is 11.5 Å². The van der Waals surface area contributed by atoms with Gasteiger partial charge in [-0.1, -0.05) is 25.7 Å². The van der Waals surface area contributed by atoms with E-state index in [2.05, 4.69) is 36.7 Å². The topological polar surface area (TPSA) is 68.2 Å². The van der Waals surface area contributed by atoms with Crippen LogP contribution in [0.15, 0.2) is 12.1 Å². The van der Waals surface area contributed by atoms with Crippen LogP contribution in [0.3, 0.4) is 0 Å². The normalized spacial score (nSPS) is 25.6. The molecule has 0 amide bonds. The van der Waals surface area contributed by atoms with E-state index in [9.17, 15) is 9.90 Å². The van der Waals surface area contributed by atoms with Crippen molar-refractivity contribution in [3.63, 3.8) is 0 Å². The number of hydrogen-bond donors (Lipinski definition) is 1. The number of aliphatic hydroxyl groups is 1. The fourth-order valence-electron chi connectivity index (χ4n) is 5.01. The molecule has 2 aliphatic rings. The number of piperidine rings is 1. The summed E-state index contributed by atoms with van der Waals surface area (Å²) in [5.41, 5.74) is 1.48. The summed E-state index contributed by atoms with van der Waals surface area (Å²) in [6.45, 7) is 7.26. The molecule has 164 valence electrons. The summed E-state index contributed by atoms with van der Waals surface area (Å²) < 4.78 is 17.0. The molecule has 0 saturated carbocycles. The fraction of sp³-hybridized carbons (Fsp3) is 0.625. The quantitative estimate of drug-likeness (QED) is 0.589. The average Bonchev–Trinajstić information content (AvgIpc) is 2.71. The van der Waals surface area contributed by atoms with E-state index in [-0.39, 0.29) is 24.5 Å². The minimum absolute atomic E-state index is 0.0595. The highest BCUT2D eigenvalue weighted by molar-refractivity contribution is 5.67. The third-order valence-corrected chi connectivity index (χ3v) is 6.19. The van der Waals surface area contributed by atoms with Gasteiger partial charge in [-0.3, -0.25) is 9.69 Å². The number of aliphatic hydroxyl groups excluding tert-OH is 1. The molecule has 2 heterocycles. The smallest absolute Gasteiger partial charge is 0.304 e. The van der Waals surface area contributed by atoms with E-state index < -0.39 is 5.60 Å². The number of benzene rings is 1. The zero-order valence-electron chi connectivity index (χ0n) is 18.7. The summed E-state index contributed by atoms with van der Waals surface area (Å²) in [7, 11) is 3.28. The van der Waals surface area contributed by atoms with Crippen LogP contribution in [0.25, 0.3) is 0 Å². The first-order chi connectivity index (χ1) is 14.3. The Labute approximate surface area is 179 Å². The largest absolute Gasteiger partial charge is 0.493 e. The van der Waals surface area contributed by atoms with Crippen molar-refractivity contribution in [2.75, 3.05) is 33.9 Å². The lowest BCUT2D eigenvalue weighted by Gasteiger charge is -2.51. The number of carbonyl (C=O) groups excluding carboxylic acids is 1. The van der Waals surface area contributed by atoms with Crippen molar-refractivity contribution in [2.45, 2.75) is 51.7 Å². The Bertz CT molecular complexity index is 840. The zero-order valence-corrected chi connectivity index (χ0v) is 18.7. The zero-order chi connectivity index (χ0) is 21.9. The Hall–Kier alpha value is -2.23. The van der Waals surface area contributed by atoms with E-state index >= 15 is 0 Å². The monoisotopic (exact) mass is 415 g/mol. The van der Waals surface area contributed by atoms with Gasteiger partial charge in [0.2, 0.25) is 0 Å². The number of rotatable bonds is 5. The van der Waals surface area contributed by atoms with Crippen molar-refractivity contribution in [1.29, 1.82) is 0 Å². The molecule has 6 nitrogen and oxygen atoms in total. The molecule has 0 spiro atoms. The molecule has 0 bridgehead atoms. The van der Waals surface area contributed by atoms with Gasteiger partial charge in [-0.05, 0) is 42.0 Å². The second kappa shape index (κ2) is 9.28. The van der Waals surface area contributed by atoms with Gasteiger partial charge in [0.25, 0.3) is 0 Å². The van der Waals surface area contributed by atoms with Gasteiger partial charge < -0.3 is 19.3 Å². The van der Waals surface area contributed by atoms with E-state index in [4.69, 9.17) is 14.2 Å². The van der Waals surface area contributed by atoms with Gasteiger partial charge in [0.1, 0.15) is 6.61 Å². The standard InChI is InChI=1S/C24H33NO5/c1-16(2)11-19-15-25-9-7-18-12-22(28-4)23(29-5)13-20(18)21(25)14-24(19,8-6-10-26)30-17(3)27/h12-13,16,19,21,26H,7,9-11,14-15H2,1-5H3/t19?,21?,24-/m1/s1. The summed E-state index contributed by atoms with van der Waals surface area (Å²) >= 11 is 0. The van der Waals surface area contributed by atoms with Gasteiger partial charge in [0.15, 0.2) is 17.1 Å². The third-order valence-electron chi connectivity index (χ3n) is 6.19. The van der Waals surface area contributed by atoms with E-state index in [1.807, 2.05) is 6.07 Å². The van der Waals surface area contributed by atoms with Crippen LogP contribution in [0, 0.1) is 23.7 Å². The molecule has 3 rings (SSSR count). The van der Waals surface area contributed by atoms with Crippen molar-refractivity contribution in [3.05, 3.63) is 23.3 Å². The van der Waals surface area contributed by atoms with Crippen LogP contribution in [0.4, 0.5) is 0 Å². The van der Waals surface area contributed by atoms with E-state index in [1.165, 1.54) is 18.1 Å². The summed E-state index contributed by atoms with van der Waals surface area (Å²) in [6.07, 6.45) is 2.40. The molecule has 1 aromatic carbocycles. The van der Waals surface area contributed by atoms with Gasteiger partial charge in [-0.2, -0.15) is 0 Å². The molecule has 2 unspecified atom stereocenters. The molecule has 1 fully saturated rings. The van der Waals surface area contributed by atoms with Crippen molar-refractivity contribution in [2.24, 2.45) is 11.8 Å².